The van der Waals surface area contributed by atoms with E-state index in [2.05, 4.69) is 29.0 Å². The van der Waals surface area contributed by atoms with Crippen LogP contribution in [0.3, 0.4) is 0 Å². The zero-order valence-electron chi connectivity index (χ0n) is 10.6. The van der Waals surface area contributed by atoms with Gasteiger partial charge in [-0.2, -0.15) is 0 Å². The molecule has 0 aliphatic carbocycles. The van der Waals surface area contributed by atoms with E-state index in [-0.39, 0.29) is 0 Å². The minimum Gasteiger partial charge on any atom is -0.508 e. The van der Waals surface area contributed by atoms with Crippen LogP contribution in [0.4, 0.5) is 0 Å². The molecule has 0 saturated carbocycles. The van der Waals surface area contributed by atoms with Crippen LogP contribution in [-0.4, -0.2) is 9.67 Å². The second kappa shape index (κ2) is 4.78. The Balaban J connectivity index is 1.99. The molecular weight excluding hydrogens is 236 g/mol. The number of hydrogen-bond donors (Lipinski definition) is 2. The molecule has 1 heterocycles. The molecule has 1 aromatic heterocycles. The third-order valence-corrected chi connectivity index (χ3v) is 3.41. The Bertz CT molecular complexity index is 698. The molecule has 0 bridgehead atoms. The van der Waals surface area contributed by atoms with Gasteiger partial charge < -0.3 is 15.4 Å². The summed E-state index contributed by atoms with van der Waals surface area (Å²) in [6.45, 7) is 1.35. The molecule has 96 valence electrons. The van der Waals surface area contributed by atoms with Crippen molar-refractivity contribution in [3.8, 4) is 5.75 Å². The smallest absolute Gasteiger partial charge is 0.115 e. The molecule has 0 spiro atoms. The van der Waals surface area contributed by atoms with E-state index in [9.17, 15) is 5.11 Å². The van der Waals surface area contributed by atoms with Crippen molar-refractivity contribution in [1.82, 2.24) is 4.57 Å². The number of phenols is 1. The van der Waals surface area contributed by atoms with Gasteiger partial charge in [0.05, 0.1) is 0 Å². The maximum atomic E-state index is 9.30. The van der Waals surface area contributed by atoms with Crippen LogP contribution in [0.1, 0.15) is 11.1 Å². The van der Waals surface area contributed by atoms with Crippen LogP contribution in [0.15, 0.2) is 54.7 Å². The predicted octanol–water partition coefficient (Wildman–Crippen LogP) is 2.85. The lowest BCUT2D eigenvalue weighted by atomic mass is 10.1. The van der Waals surface area contributed by atoms with Crippen LogP contribution >= 0.6 is 0 Å². The van der Waals surface area contributed by atoms with E-state index in [1.165, 1.54) is 16.5 Å². The van der Waals surface area contributed by atoms with E-state index in [1.807, 2.05) is 18.2 Å². The van der Waals surface area contributed by atoms with Crippen molar-refractivity contribution in [3.05, 3.63) is 65.9 Å². The van der Waals surface area contributed by atoms with Gasteiger partial charge in [-0.1, -0.05) is 24.3 Å². The van der Waals surface area contributed by atoms with Crippen molar-refractivity contribution in [2.45, 2.75) is 13.1 Å². The van der Waals surface area contributed by atoms with E-state index in [4.69, 9.17) is 5.73 Å². The summed E-state index contributed by atoms with van der Waals surface area (Å²) in [5.74, 6) is 0.298. The lowest BCUT2D eigenvalue weighted by Crippen LogP contribution is -1.99. The Morgan fingerprint density at radius 1 is 1.00 bits per heavy atom. The summed E-state index contributed by atoms with van der Waals surface area (Å²) in [5.41, 5.74) is 9.28. The highest BCUT2D eigenvalue weighted by Crippen LogP contribution is 2.21. The molecule has 3 N–H and O–H groups in total. The van der Waals surface area contributed by atoms with Crippen LogP contribution in [0, 0.1) is 0 Å². The Labute approximate surface area is 111 Å². The highest BCUT2D eigenvalue weighted by molar-refractivity contribution is 5.83. The number of aromatic nitrogens is 1. The van der Waals surface area contributed by atoms with Gasteiger partial charge in [-0.15, -0.1) is 0 Å². The summed E-state index contributed by atoms with van der Waals surface area (Å²) in [7, 11) is 0. The fraction of sp³-hybridized carbons (Fsp3) is 0.125. The molecule has 3 heteroatoms. The third-order valence-electron chi connectivity index (χ3n) is 3.41. The zero-order valence-corrected chi connectivity index (χ0v) is 10.6. The van der Waals surface area contributed by atoms with Gasteiger partial charge in [0, 0.05) is 30.2 Å². The molecule has 2 aromatic carbocycles. The molecule has 0 unspecified atom stereocenters. The molecule has 3 aromatic rings. The summed E-state index contributed by atoms with van der Waals surface area (Å²) < 4.78 is 2.20. The lowest BCUT2D eigenvalue weighted by molar-refractivity contribution is 0.475. The van der Waals surface area contributed by atoms with E-state index in [1.54, 1.807) is 12.1 Å². The first-order chi connectivity index (χ1) is 9.28. The normalized spacial score (nSPS) is 11.0. The number of nitrogens with zero attached hydrogens (tertiary/aromatic N) is 1. The molecule has 19 heavy (non-hydrogen) atoms. The van der Waals surface area contributed by atoms with Crippen LogP contribution in [0.2, 0.25) is 0 Å². The first kappa shape index (κ1) is 11.8. The molecule has 0 fully saturated rings. The van der Waals surface area contributed by atoms with Gasteiger partial charge in [0.2, 0.25) is 0 Å². The Hall–Kier alpha value is -2.26. The number of benzene rings is 2. The fourth-order valence-electron chi connectivity index (χ4n) is 2.40. The van der Waals surface area contributed by atoms with Crippen LogP contribution in [-0.2, 0) is 13.1 Å². The summed E-state index contributed by atoms with van der Waals surface area (Å²) in [6.07, 6.45) is 2.08. The Morgan fingerprint density at radius 2 is 1.79 bits per heavy atom. The molecule has 0 atom stereocenters. The number of rotatable bonds is 3. The summed E-state index contributed by atoms with van der Waals surface area (Å²) in [4.78, 5) is 0. The van der Waals surface area contributed by atoms with Gasteiger partial charge in [0.25, 0.3) is 0 Å². The summed E-state index contributed by atoms with van der Waals surface area (Å²) in [5, 5.41) is 10.5. The predicted molar refractivity (Wildman–Crippen MR) is 77.0 cm³/mol. The molecule has 0 aliphatic heterocycles. The lowest BCUT2D eigenvalue weighted by Gasteiger charge is -2.07. The van der Waals surface area contributed by atoms with Gasteiger partial charge in [-0.25, -0.2) is 0 Å². The molecule has 0 radical (unpaired) electrons. The van der Waals surface area contributed by atoms with Gasteiger partial charge in [0.1, 0.15) is 5.75 Å². The Kier molecular flexibility index (Phi) is 2.97. The van der Waals surface area contributed by atoms with Crippen molar-refractivity contribution in [3.63, 3.8) is 0 Å². The topological polar surface area (TPSA) is 51.2 Å². The maximum absolute atomic E-state index is 9.30. The highest BCUT2D eigenvalue weighted by atomic mass is 16.3. The second-order valence-corrected chi connectivity index (χ2v) is 4.66. The molecule has 0 amide bonds. The molecule has 0 saturated heterocycles. The monoisotopic (exact) mass is 252 g/mol. The van der Waals surface area contributed by atoms with Gasteiger partial charge in [0.15, 0.2) is 0 Å². The van der Waals surface area contributed by atoms with Crippen LogP contribution in [0.5, 0.6) is 5.75 Å². The first-order valence-corrected chi connectivity index (χ1v) is 6.32. The van der Waals surface area contributed by atoms with Crippen molar-refractivity contribution in [2.24, 2.45) is 5.73 Å². The number of fused-ring (bicyclic) bond motifs is 1. The minimum atomic E-state index is 0.298. The number of phenolic OH excluding ortho intramolecular Hbond substituents is 1. The molecule has 3 nitrogen and oxygen atoms in total. The van der Waals surface area contributed by atoms with Crippen molar-refractivity contribution in [2.75, 3.05) is 0 Å². The average Bonchev–Trinajstić information content (AvgIpc) is 2.84. The number of hydrogen-bond acceptors (Lipinski definition) is 2. The van der Waals surface area contributed by atoms with E-state index in [0.29, 0.717) is 12.3 Å². The van der Waals surface area contributed by atoms with Gasteiger partial charge in [-0.05, 0) is 35.4 Å². The molecule has 3 rings (SSSR count). The number of aromatic hydroxyl groups is 1. The molecular formula is C16H16N2O. The van der Waals surface area contributed by atoms with Crippen molar-refractivity contribution in [1.29, 1.82) is 0 Å². The third kappa shape index (κ3) is 2.20. The van der Waals surface area contributed by atoms with Gasteiger partial charge in [-0.3, -0.25) is 0 Å². The van der Waals surface area contributed by atoms with E-state index < -0.39 is 0 Å². The van der Waals surface area contributed by atoms with Crippen LogP contribution in [0.25, 0.3) is 10.9 Å². The van der Waals surface area contributed by atoms with E-state index in [0.717, 1.165) is 12.1 Å². The fourth-order valence-corrected chi connectivity index (χ4v) is 2.40. The van der Waals surface area contributed by atoms with Crippen molar-refractivity contribution >= 4 is 10.9 Å². The number of nitrogens with two attached hydrogens (primary N) is 1. The summed E-state index contributed by atoms with van der Waals surface area (Å²) in [6, 6.07) is 15.6. The maximum Gasteiger partial charge on any atom is 0.115 e. The van der Waals surface area contributed by atoms with Crippen molar-refractivity contribution < 1.29 is 5.11 Å². The zero-order chi connectivity index (χ0) is 13.2. The quantitative estimate of drug-likeness (QED) is 0.753. The second-order valence-electron chi connectivity index (χ2n) is 4.66. The summed E-state index contributed by atoms with van der Waals surface area (Å²) >= 11 is 0. The minimum absolute atomic E-state index is 0.298. The SMILES string of the molecule is NCc1cccc2c1ccn2Cc1ccc(O)cc1. The first-order valence-electron chi connectivity index (χ1n) is 6.32. The molecule has 0 aliphatic rings. The standard InChI is InChI=1S/C16H16N2O/c17-10-13-2-1-3-16-15(13)8-9-18(16)11-12-4-6-14(19)7-5-12/h1-9,19H,10-11,17H2. The van der Waals surface area contributed by atoms with E-state index >= 15 is 0 Å². The highest BCUT2D eigenvalue weighted by Gasteiger charge is 2.05. The van der Waals surface area contributed by atoms with Gasteiger partial charge >= 0.3 is 0 Å². The van der Waals surface area contributed by atoms with Crippen LogP contribution < -0.4 is 5.73 Å². The Morgan fingerprint density at radius 3 is 2.53 bits per heavy atom. The average molecular weight is 252 g/mol. The largest absolute Gasteiger partial charge is 0.508 e.